The Morgan fingerprint density at radius 2 is 2.03 bits per heavy atom. The fourth-order valence-corrected chi connectivity index (χ4v) is 5.19. The molecule has 3 aromatic rings. The van der Waals surface area contributed by atoms with E-state index >= 15 is 0 Å². The molecule has 0 saturated heterocycles. The van der Waals surface area contributed by atoms with Gasteiger partial charge in [0, 0.05) is 73.1 Å². The van der Waals surface area contributed by atoms with Crippen LogP contribution in [0.2, 0.25) is 0 Å². The van der Waals surface area contributed by atoms with E-state index in [1.807, 2.05) is 0 Å². The Kier molecular flexibility index (Phi) is 5.47. The summed E-state index contributed by atoms with van der Waals surface area (Å²) in [5.41, 5.74) is 5.23. The van der Waals surface area contributed by atoms with Gasteiger partial charge in [-0.1, -0.05) is 19.3 Å². The Balaban J connectivity index is 1.35. The van der Waals surface area contributed by atoms with Gasteiger partial charge in [-0.05, 0) is 43.5 Å². The molecule has 0 bridgehead atoms. The SMILES string of the molecule is CCn1cc(CN2CCc3nc(C4CCCCC4)ncc3C2)c2cc(OC)ccc21. The Hall–Kier alpha value is -2.40. The molecular formula is C25H32N4O. The average molecular weight is 405 g/mol. The second kappa shape index (κ2) is 8.38. The zero-order valence-electron chi connectivity index (χ0n) is 18.2. The van der Waals surface area contributed by atoms with Crippen LogP contribution in [0.1, 0.15) is 67.6 Å². The molecule has 30 heavy (non-hydrogen) atoms. The van der Waals surface area contributed by atoms with E-state index in [9.17, 15) is 0 Å². The zero-order chi connectivity index (χ0) is 20.5. The summed E-state index contributed by atoms with van der Waals surface area (Å²) >= 11 is 0. The van der Waals surface area contributed by atoms with E-state index < -0.39 is 0 Å². The minimum Gasteiger partial charge on any atom is -0.497 e. The lowest BCUT2D eigenvalue weighted by molar-refractivity contribution is 0.243. The van der Waals surface area contributed by atoms with Gasteiger partial charge in [0.25, 0.3) is 0 Å². The molecule has 2 aromatic heterocycles. The number of rotatable bonds is 5. The monoisotopic (exact) mass is 404 g/mol. The van der Waals surface area contributed by atoms with Gasteiger partial charge in [-0.3, -0.25) is 4.90 Å². The molecule has 3 heterocycles. The van der Waals surface area contributed by atoms with Crippen molar-refractivity contribution in [2.45, 2.75) is 71.0 Å². The highest BCUT2D eigenvalue weighted by molar-refractivity contribution is 5.85. The molecule has 0 unspecified atom stereocenters. The van der Waals surface area contributed by atoms with Gasteiger partial charge in [-0.2, -0.15) is 0 Å². The lowest BCUT2D eigenvalue weighted by Crippen LogP contribution is -2.31. The summed E-state index contributed by atoms with van der Waals surface area (Å²) in [5, 5.41) is 1.30. The molecule has 1 aliphatic heterocycles. The molecule has 1 fully saturated rings. The number of hydrogen-bond donors (Lipinski definition) is 0. The third kappa shape index (κ3) is 3.71. The fourth-order valence-electron chi connectivity index (χ4n) is 5.19. The standard InChI is InChI=1S/C25H32N4O/c1-3-29-17-20(22-13-21(30-2)9-10-24(22)29)16-28-12-11-23-19(15-28)14-26-25(27-23)18-7-5-4-6-8-18/h9-10,13-14,17-18H,3-8,11-12,15-16H2,1-2H3. The van der Waals surface area contributed by atoms with Crippen LogP contribution in [0, 0.1) is 0 Å². The van der Waals surface area contributed by atoms with Crippen LogP contribution in [0.4, 0.5) is 0 Å². The molecule has 0 amide bonds. The maximum Gasteiger partial charge on any atom is 0.131 e. The quantitative estimate of drug-likeness (QED) is 0.596. The summed E-state index contributed by atoms with van der Waals surface area (Å²) in [6.45, 7) is 6.11. The molecule has 0 spiro atoms. The molecule has 5 rings (SSSR count). The summed E-state index contributed by atoms with van der Waals surface area (Å²) < 4.78 is 7.81. The lowest BCUT2D eigenvalue weighted by Gasteiger charge is -2.29. The van der Waals surface area contributed by atoms with E-state index in [4.69, 9.17) is 14.7 Å². The third-order valence-electron chi connectivity index (χ3n) is 6.91. The maximum absolute atomic E-state index is 5.48. The van der Waals surface area contributed by atoms with Gasteiger partial charge < -0.3 is 9.30 Å². The average Bonchev–Trinajstić information content (AvgIpc) is 3.16. The van der Waals surface area contributed by atoms with Gasteiger partial charge in [-0.25, -0.2) is 9.97 Å². The molecule has 0 N–H and O–H groups in total. The van der Waals surface area contributed by atoms with Crippen LogP contribution < -0.4 is 4.74 Å². The molecule has 1 aliphatic carbocycles. The second-order valence-electron chi connectivity index (χ2n) is 8.82. The first-order valence-electron chi connectivity index (χ1n) is 11.5. The minimum atomic E-state index is 0.581. The van der Waals surface area contributed by atoms with Crippen LogP contribution in [-0.4, -0.2) is 33.1 Å². The van der Waals surface area contributed by atoms with Gasteiger partial charge in [-0.15, -0.1) is 0 Å². The Morgan fingerprint density at radius 1 is 1.17 bits per heavy atom. The van der Waals surface area contributed by atoms with Crippen molar-refractivity contribution < 1.29 is 4.74 Å². The van der Waals surface area contributed by atoms with Gasteiger partial charge in [0.05, 0.1) is 7.11 Å². The van der Waals surface area contributed by atoms with Gasteiger partial charge in [0.1, 0.15) is 11.6 Å². The summed E-state index contributed by atoms with van der Waals surface area (Å²) in [7, 11) is 1.74. The van der Waals surface area contributed by atoms with Crippen molar-refractivity contribution in [3.63, 3.8) is 0 Å². The molecule has 158 valence electrons. The number of aryl methyl sites for hydroxylation is 1. The third-order valence-corrected chi connectivity index (χ3v) is 6.91. The number of hydrogen-bond acceptors (Lipinski definition) is 4. The van der Waals surface area contributed by atoms with E-state index in [1.54, 1.807) is 7.11 Å². The van der Waals surface area contributed by atoms with Crippen LogP contribution in [0.25, 0.3) is 10.9 Å². The Labute approximate surface area is 179 Å². The van der Waals surface area contributed by atoms with Gasteiger partial charge in [0.15, 0.2) is 0 Å². The van der Waals surface area contributed by atoms with E-state index in [1.165, 1.54) is 59.8 Å². The molecule has 1 saturated carbocycles. The van der Waals surface area contributed by atoms with Crippen molar-refractivity contribution >= 4 is 10.9 Å². The highest BCUT2D eigenvalue weighted by Crippen LogP contribution is 2.32. The number of methoxy groups -OCH3 is 1. The molecular weight excluding hydrogens is 372 g/mol. The number of fused-ring (bicyclic) bond motifs is 2. The Bertz CT molecular complexity index is 1040. The topological polar surface area (TPSA) is 43.2 Å². The van der Waals surface area contributed by atoms with Crippen molar-refractivity contribution in [3.05, 3.63) is 53.2 Å². The zero-order valence-corrected chi connectivity index (χ0v) is 18.2. The molecule has 5 heteroatoms. The van der Waals surface area contributed by atoms with Crippen LogP contribution in [0.15, 0.2) is 30.6 Å². The number of nitrogens with zero attached hydrogens (tertiary/aromatic N) is 4. The molecule has 0 atom stereocenters. The lowest BCUT2D eigenvalue weighted by atomic mass is 9.88. The van der Waals surface area contributed by atoms with Crippen LogP contribution in [0.5, 0.6) is 5.75 Å². The van der Waals surface area contributed by atoms with E-state index in [2.05, 4.69) is 47.0 Å². The fraction of sp³-hybridized carbons (Fsp3) is 0.520. The van der Waals surface area contributed by atoms with Crippen molar-refractivity contribution in [1.29, 1.82) is 0 Å². The van der Waals surface area contributed by atoms with Crippen molar-refractivity contribution in [2.24, 2.45) is 0 Å². The number of ether oxygens (including phenoxy) is 1. The first-order valence-corrected chi connectivity index (χ1v) is 11.5. The summed E-state index contributed by atoms with van der Waals surface area (Å²) in [5.74, 6) is 2.60. The van der Waals surface area contributed by atoms with E-state index in [0.717, 1.165) is 44.2 Å². The van der Waals surface area contributed by atoms with Crippen molar-refractivity contribution in [3.8, 4) is 5.75 Å². The highest BCUT2D eigenvalue weighted by Gasteiger charge is 2.23. The molecule has 1 aromatic carbocycles. The first-order chi connectivity index (χ1) is 14.7. The first kappa shape index (κ1) is 19.6. The molecule has 5 nitrogen and oxygen atoms in total. The smallest absolute Gasteiger partial charge is 0.131 e. The molecule has 0 radical (unpaired) electrons. The highest BCUT2D eigenvalue weighted by atomic mass is 16.5. The normalized spacial score (nSPS) is 17.9. The van der Waals surface area contributed by atoms with Crippen LogP contribution >= 0.6 is 0 Å². The summed E-state index contributed by atoms with van der Waals surface area (Å²) in [6, 6.07) is 6.40. The van der Waals surface area contributed by atoms with E-state index in [0.29, 0.717) is 5.92 Å². The Morgan fingerprint density at radius 3 is 2.83 bits per heavy atom. The van der Waals surface area contributed by atoms with Crippen molar-refractivity contribution in [2.75, 3.05) is 13.7 Å². The summed E-state index contributed by atoms with van der Waals surface area (Å²) in [6.07, 6.45) is 12.0. The predicted molar refractivity (Wildman–Crippen MR) is 120 cm³/mol. The summed E-state index contributed by atoms with van der Waals surface area (Å²) in [4.78, 5) is 12.3. The van der Waals surface area contributed by atoms with Crippen LogP contribution in [0.3, 0.4) is 0 Å². The molecule has 2 aliphatic rings. The number of benzene rings is 1. The largest absolute Gasteiger partial charge is 0.497 e. The van der Waals surface area contributed by atoms with Gasteiger partial charge in [0.2, 0.25) is 0 Å². The van der Waals surface area contributed by atoms with E-state index in [-0.39, 0.29) is 0 Å². The predicted octanol–water partition coefficient (Wildman–Crippen LogP) is 5.07. The second-order valence-corrected chi connectivity index (χ2v) is 8.82. The minimum absolute atomic E-state index is 0.581. The van der Waals surface area contributed by atoms with Crippen LogP contribution in [-0.2, 0) is 26.1 Å². The van der Waals surface area contributed by atoms with Gasteiger partial charge >= 0.3 is 0 Å². The van der Waals surface area contributed by atoms with Crippen molar-refractivity contribution in [1.82, 2.24) is 19.4 Å². The number of aromatic nitrogens is 3. The maximum atomic E-state index is 5.48.